The number of aromatic nitrogens is 1. The van der Waals surface area contributed by atoms with Gasteiger partial charge in [0, 0.05) is 41.7 Å². The molecule has 0 saturated carbocycles. The number of rotatable bonds is 5. The Kier molecular flexibility index (Phi) is 7.32. The van der Waals surface area contributed by atoms with Crippen molar-refractivity contribution in [3.8, 4) is 5.69 Å². The fraction of sp³-hybridized carbons (Fsp3) is 0.353. The number of hydrogen-bond donors (Lipinski definition) is 1. The van der Waals surface area contributed by atoms with Gasteiger partial charge in [-0.25, -0.2) is 0 Å². The zero-order chi connectivity index (χ0) is 16.3. The number of benzene rings is 1. The van der Waals surface area contributed by atoms with Crippen LogP contribution in [0.25, 0.3) is 5.69 Å². The number of hydrogen-bond acceptors (Lipinski definition) is 2. The molecule has 6 heteroatoms. The molecule has 2 rings (SSSR count). The average Bonchev–Trinajstić information content (AvgIpc) is 2.78. The summed E-state index contributed by atoms with van der Waals surface area (Å²) in [6.45, 7) is 5.49. The Bertz CT molecular complexity index is 684. The lowest BCUT2D eigenvalue weighted by Crippen LogP contribution is -2.33. The van der Waals surface area contributed by atoms with Crippen molar-refractivity contribution in [2.24, 2.45) is 0 Å². The summed E-state index contributed by atoms with van der Waals surface area (Å²) in [5.41, 5.74) is 3.84. The average molecular weight is 401 g/mol. The normalized spacial score (nSPS) is 10.3. The Labute approximate surface area is 152 Å². The van der Waals surface area contributed by atoms with E-state index in [-0.39, 0.29) is 18.3 Å². The second kappa shape index (κ2) is 8.52. The monoisotopic (exact) mass is 399 g/mol. The molecule has 0 fully saturated rings. The molecule has 0 aliphatic carbocycles. The van der Waals surface area contributed by atoms with E-state index in [0.29, 0.717) is 6.54 Å². The van der Waals surface area contributed by atoms with Gasteiger partial charge in [-0.1, -0.05) is 22.0 Å². The fourth-order valence-corrected chi connectivity index (χ4v) is 2.97. The quantitative estimate of drug-likeness (QED) is 0.833. The predicted molar refractivity (Wildman–Crippen MR) is 101 cm³/mol. The number of nitrogens with zero attached hydrogens (tertiary/aromatic N) is 2. The first-order chi connectivity index (χ1) is 10.5. The minimum absolute atomic E-state index is 0. The first-order valence-electron chi connectivity index (χ1n) is 7.30. The van der Waals surface area contributed by atoms with Crippen LogP contribution in [-0.2, 0) is 0 Å². The van der Waals surface area contributed by atoms with E-state index in [4.69, 9.17) is 0 Å². The van der Waals surface area contributed by atoms with Crippen LogP contribution in [-0.4, -0.2) is 42.6 Å². The summed E-state index contributed by atoms with van der Waals surface area (Å²) in [5.74, 6) is 0.0598. The van der Waals surface area contributed by atoms with Crippen molar-refractivity contribution in [1.82, 2.24) is 14.8 Å². The number of halogens is 2. The highest BCUT2D eigenvalue weighted by Crippen LogP contribution is 2.23. The molecular formula is C17H23BrClN3O. The van der Waals surface area contributed by atoms with Crippen molar-refractivity contribution in [1.29, 1.82) is 0 Å². The molecule has 0 aliphatic heterocycles. The summed E-state index contributed by atoms with van der Waals surface area (Å²) in [4.78, 5) is 14.4. The lowest BCUT2D eigenvalue weighted by atomic mass is 10.2. The number of carbonyl (C=O) groups is 1. The Morgan fingerprint density at radius 2 is 2.00 bits per heavy atom. The Hall–Kier alpha value is -1.30. The van der Waals surface area contributed by atoms with Gasteiger partial charge in [-0.2, -0.15) is 0 Å². The van der Waals surface area contributed by atoms with E-state index >= 15 is 0 Å². The molecule has 1 heterocycles. The molecule has 1 aromatic carbocycles. The maximum Gasteiger partial charge on any atom is 0.255 e. The smallest absolute Gasteiger partial charge is 0.255 e. The summed E-state index contributed by atoms with van der Waals surface area (Å²) in [6, 6.07) is 10.1. The topological polar surface area (TPSA) is 37.3 Å². The van der Waals surface area contributed by atoms with Gasteiger partial charge in [-0.3, -0.25) is 4.79 Å². The van der Waals surface area contributed by atoms with E-state index in [1.807, 2.05) is 52.2 Å². The van der Waals surface area contributed by atoms with Gasteiger partial charge < -0.3 is 14.8 Å². The largest absolute Gasteiger partial charge is 0.340 e. The number of nitrogens with one attached hydrogen (secondary N) is 1. The van der Waals surface area contributed by atoms with Crippen LogP contribution in [0.15, 0.2) is 34.8 Å². The van der Waals surface area contributed by atoms with Crippen LogP contribution >= 0.6 is 28.3 Å². The molecular weight excluding hydrogens is 378 g/mol. The van der Waals surface area contributed by atoms with Gasteiger partial charge in [0.05, 0.1) is 5.56 Å². The van der Waals surface area contributed by atoms with E-state index in [2.05, 4.69) is 31.9 Å². The SMILES string of the molecule is CNCCN(C)C(=O)c1cc(C)n(-c2cccc(Br)c2)c1C.Cl. The van der Waals surface area contributed by atoms with E-state index in [1.165, 1.54) is 0 Å². The van der Waals surface area contributed by atoms with Crippen LogP contribution in [0.2, 0.25) is 0 Å². The van der Waals surface area contributed by atoms with Crippen molar-refractivity contribution in [3.63, 3.8) is 0 Å². The molecule has 0 spiro atoms. The standard InChI is InChI=1S/C17H22BrN3O.ClH/c1-12-10-16(17(22)20(4)9-8-19-3)13(2)21(12)15-7-5-6-14(18)11-15;/h5-7,10-11,19H,8-9H2,1-4H3;1H. The minimum Gasteiger partial charge on any atom is -0.340 e. The van der Waals surface area contributed by atoms with Crippen LogP contribution in [0.4, 0.5) is 0 Å². The molecule has 0 bridgehead atoms. The highest BCUT2D eigenvalue weighted by molar-refractivity contribution is 9.10. The number of carbonyl (C=O) groups excluding carboxylic acids is 1. The minimum atomic E-state index is 0. The lowest BCUT2D eigenvalue weighted by molar-refractivity contribution is 0.0796. The van der Waals surface area contributed by atoms with Gasteiger partial charge in [0.2, 0.25) is 0 Å². The highest BCUT2D eigenvalue weighted by Gasteiger charge is 2.19. The summed E-state index contributed by atoms with van der Waals surface area (Å²) in [5, 5.41) is 3.06. The van der Waals surface area contributed by atoms with Crippen molar-refractivity contribution in [3.05, 3.63) is 51.8 Å². The predicted octanol–water partition coefficient (Wildman–Crippen LogP) is 3.57. The van der Waals surface area contributed by atoms with Crippen LogP contribution in [0.1, 0.15) is 21.7 Å². The molecule has 1 amide bonds. The molecule has 23 heavy (non-hydrogen) atoms. The molecule has 0 aliphatic rings. The lowest BCUT2D eigenvalue weighted by Gasteiger charge is -2.17. The summed E-state index contributed by atoms with van der Waals surface area (Å²) < 4.78 is 3.14. The second-order valence-corrected chi connectivity index (χ2v) is 6.35. The van der Waals surface area contributed by atoms with Crippen molar-refractivity contribution >= 4 is 34.2 Å². The van der Waals surface area contributed by atoms with E-state index < -0.39 is 0 Å². The van der Waals surface area contributed by atoms with Gasteiger partial charge in [0.1, 0.15) is 0 Å². The first kappa shape index (κ1) is 19.7. The maximum absolute atomic E-state index is 12.6. The van der Waals surface area contributed by atoms with Gasteiger partial charge in [0.15, 0.2) is 0 Å². The van der Waals surface area contributed by atoms with Gasteiger partial charge >= 0.3 is 0 Å². The molecule has 4 nitrogen and oxygen atoms in total. The van der Waals surface area contributed by atoms with Crippen molar-refractivity contribution < 1.29 is 4.79 Å². The zero-order valence-corrected chi connectivity index (χ0v) is 16.3. The van der Waals surface area contributed by atoms with Gasteiger partial charge in [-0.15, -0.1) is 12.4 Å². The van der Waals surface area contributed by atoms with E-state index in [9.17, 15) is 4.79 Å². The third kappa shape index (κ3) is 4.37. The fourth-order valence-electron chi connectivity index (χ4n) is 2.58. The molecule has 0 atom stereocenters. The second-order valence-electron chi connectivity index (χ2n) is 5.43. The van der Waals surface area contributed by atoms with Crippen LogP contribution in [0.5, 0.6) is 0 Å². The molecule has 1 N–H and O–H groups in total. The highest BCUT2D eigenvalue weighted by atomic mass is 79.9. The third-order valence-corrected chi connectivity index (χ3v) is 4.27. The maximum atomic E-state index is 12.6. The molecule has 126 valence electrons. The summed E-state index contributed by atoms with van der Waals surface area (Å²) in [6.07, 6.45) is 0. The Morgan fingerprint density at radius 3 is 2.61 bits per heavy atom. The third-order valence-electron chi connectivity index (χ3n) is 3.77. The number of likely N-dealkylation sites (N-methyl/N-ethyl adjacent to an activating group) is 2. The van der Waals surface area contributed by atoms with Gasteiger partial charge in [-0.05, 0) is 45.2 Å². The molecule has 0 unspecified atom stereocenters. The van der Waals surface area contributed by atoms with Crippen LogP contribution in [0, 0.1) is 13.8 Å². The van der Waals surface area contributed by atoms with E-state index in [0.717, 1.165) is 33.7 Å². The van der Waals surface area contributed by atoms with Crippen molar-refractivity contribution in [2.75, 3.05) is 27.2 Å². The van der Waals surface area contributed by atoms with E-state index in [1.54, 1.807) is 4.90 Å². The summed E-state index contributed by atoms with van der Waals surface area (Å²) >= 11 is 3.50. The molecule has 2 aromatic rings. The first-order valence-corrected chi connectivity index (χ1v) is 8.10. The van der Waals surface area contributed by atoms with Gasteiger partial charge in [0.25, 0.3) is 5.91 Å². The van der Waals surface area contributed by atoms with Crippen LogP contribution < -0.4 is 5.32 Å². The van der Waals surface area contributed by atoms with Crippen LogP contribution in [0.3, 0.4) is 0 Å². The molecule has 0 radical (unpaired) electrons. The Morgan fingerprint density at radius 1 is 1.30 bits per heavy atom. The van der Waals surface area contributed by atoms with Crippen molar-refractivity contribution in [2.45, 2.75) is 13.8 Å². The molecule has 1 aromatic heterocycles. The summed E-state index contributed by atoms with van der Waals surface area (Å²) in [7, 11) is 3.72. The number of amides is 1. The Balaban J connectivity index is 0.00000264. The number of aryl methyl sites for hydroxylation is 1. The molecule has 0 saturated heterocycles. The zero-order valence-electron chi connectivity index (χ0n) is 13.9.